The highest BCUT2D eigenvalue weighted by molar-refractivity contribution is 5.22. The summed E-state index contributed by atoms with van der Waals surface area (Å²) in [7, 11) is 0. The fourth-order valence-corrected chi connectivity index (χ4v) is 3.30. The second-order valence-electron chi connectivity index (χ2n) is 6.08. The molecule has 1 N–H and O–H groups in total. The van der Waals surface area contributed by atoms with Crippen LogP contribution in [-0.4, -0.2) is 23.9 Å². The van der Waals surface area contributed by atoms with E-state index in [0.717, 1.165) is 0 Å². The van der Waals surface area contributed by atoms with E-state index in [2.05, 4.69) is 31.2 Å². The molecule has 1 fully saturated rings. The average molecular weight is 276 g/mol. The van der Waals surface area contributed by atoms with Gasteiger partial charge in [0.05, 0.1) is 12.2 Å². The minimum atomic E-state index is -0.388. The Morgan fingerprint density at radius 1 is 1.15 bits per heavy atom. The van der Waals surface area contributed by atoms with Gasteiger partial charge in [-0.2, -0.15) is 0 Å². The van der Waals surface area contributed by atoms with Crippen molar-refractivity contribution in [2.24, 2.45) is 5.92 Å². The molecule has 1 aromatic rings. The molecule has 0 amide bonds. The van der Waals surface area contributed by atoms with Crippen LogP contribution in [0, 0.1) is 12.8 Å². The molecule has 0 heterocycles. The fourth-order valence-electron chi connectivity index (χ4n) is 3.30. The van der Waals surface area contributed by atoms with Crippen molar-refractivity contribution in [3.8, 4) is 0 Å². The van der Waals surface area contributed by atoms with Gasteiger partial charge >= 0.3 is 0 Å². The van der Waals surface area contributed by atoms with Gasteiger partial charge in [0.25, 0.3) is 0 Å². The number of benzene rings is 1. The fraction of sp³-hybridized carbons (Fsp3) is 0.667. The van der Waals surface area contributed by atoms with E-state index in [-0.39, 0.29) is 12.2 Å². The second-order valence-corrected chi connectivity index (χ2v) is 6.08. The van der Waals surface area contributed by atoms with E-state index in [0.29, 0.717) is 18.9 Å². The molecule has 1 saturated carbocycles. The van der Waals surface area contributed by atoms with Crippen LogP contribution in [-0.2, 0) is 11.2 Å². The number of aryl methyl sites for hydroxylation is 1. The highest BCUT2D eigenvalue weighted by Crippen LogP contribution is 2.30. The van der Waals surface area contributed by atoms with Gasteiger partial charge in [-0.3, -0.25) is 0 Å². The summed E-state index contributed by atoms with van der Waals surface area (Å²) >= 11 is 0. The number of hydrogen-bond donors (Lipinski definition) is 1. The van der Waals surface area contributed by atoms with Crippen LogP contribution >= 0.6 is 0 Å². The van der Waals surface area contributed by atoms with E-state index >= 15 is 0 Å². The van der Waals surface area contributed by atoms with Crippen molar-refractivity contribution in [2.75, 3.05) is 6.61 Å². The molecule has 1 aromatic carbocycles. The van der Waals surface area contributed by atoms with Gasteiger partial charge in [-0.15, -0.1) is 0 Å². The van der Waals surface area contributed by atoms with E-state index in [1.165, 1.54) is 43.2 Å². The molecular formula is C18H28O2. The van der Waals surface area contributed by atoms with Crippen molar-refractivity contribution in [1.82, 2.24) is 0 Å². The summed E-state index contributed by atoms with van der Waals surface area (Å²) < 4.78 is 5.89. The third-order valence-electron chi connectivity index (χ3n) is 4.42. The summed E-state index contributed by atoms with van der Waals surface area (Å²) in [4.78, 5) is 0. The van der Waals surface area contributed by atoms with Gasteiger partial charge in [0.15, 0.2) is 0 Å². The predicted octanol–water partition coefficient (Wildman–Crippen LogP) is 3.88. The summed E-state index contributed by atoms with van der Waals surface area (Å²) in [6, 6.07) is 8.45. The first-order valence-corrected chi connectivity index (χ1v) is 8.06. The molecule has 0 aliphatic heterocycles. The predicted molar refractivity (Wildman–Crippen MR) is 82.9 cm³/mol. The molecular weight excluding hydrogens is 248 g/mol. The zero-order chi connectivity index (χ0) is 14.4. The largest absolute Gasteiger partial charge is 0.390 e. The third kappa shape index (κ3) is 4.32. The minimum absolute atomic E-state index is 0.00148. The van der Waals surface area contributed by atoms with Gasteiger partial charge in [-0.1, -0.05) is 49.1 Å². The van der Waals surface area contributed by atoms with Crippen molar-refractivity contribution in [1.29, 1.82) is 0 Å². The number of ether oxygens (including phenoxy) is 1. The van der Waals surface area contributed by atoms with Crippen molar-refractivity contribution < 1.29 is 9.84 Å². The van der Waals surface area contributed by atoms with Gasteiger partial charge in [0.2, 0.25) is 0 Å². The lowest BCUT2D eigenvalue weighted by Gasteiger charge is -2.33. The third-order valence-corrected chi connectivity index (χ3v) is 4.42. The first kappa shape index (κ1) is 15.5. The maximum absolute atomic E-state index is 10.6. The Morgan fingerprint density at radius 2 is 1.80 bits per heavy atom. The molecule has 2 unspecified atom stereocenters. The highest BCUT2D eigenvalue weighted by Gasteiger charge is 2.30. The first-order valence-electron chi connectivity index (χ1n) is 8.06. The van der Waals surface area contributed by atoms with E-state index < -0.39 is 0 Å². The number of aliphatic hydroxyl groups is 1. The van der Waals surface area contributed by atoms with Gasteiger partial charge in [-0.25, -0.2) is 0 Å². The Bertz CT molecular complexity index is 379. The Morgan fingerprint density at radius 3 is 2.40 bits per heavy atom. The molecule has 20 heavy (non-hydrogen) atoms. The standard InChI is InChI=1S/C18H28O2/c1-3-20-18(16-7-5-4-6-8-16)17(19)13-15-11-9-14(2)10-12-15/h9-12,16-19H,3-8,13H2,1-2H3. The Hall–Kier alpha value is -0.860. The lowest BCUT2D eigenvalue weighted by Crippen LogP contribution is -2.38. The first-order chi connectivity index (χ1) is 9.70. The average Bonchev–Trinajstić information content (AvgIpc) is 2.48. The van der Waals surface area contributed by atoms with Crippen LogP contribution in [0.25, 0.3) is 0 Å². The lowest BCUT2D eigenvalue weighted by atomic mass is 9.82. The van der Waals surface area contributed by atoms with Crippen molar-refractivity contribution in [2.45, 2.75) is 64.6 Å². The normalized spacial score (nSPS) is 19.8. The monoisotopic (exact) mass is 276 g/mol. The van der Waals surface area contributed by atoms with Crippen LogP contribution in [0.2, 0.25) is 0 Å². The maximum atomic E-state index is 10.6. The van der Waals surface area contributed by atoms with Crippen LogP contribution in [0.15, 0.2) is 24.3 Å². The molecule has 2 heteroatoms. The molecule has 2 nitrogen and oxygen atoms in total. The topological polar surface area (TPSA) is 29.5 Å². The van der Waals surface area contributed by atoms with Crippen molar-refractivity contribution >= 4 is 0 Å². The zero-order valence-electron chi connectivity index (χ0n) is 12.8. The second kappa shape index (κ2) is 7.80. The van der Waals surface area contributed by atoms with E-state index in [9.17, 15) is 5.11 Å². The molecule has 112 valence electrons. The van der Waals surface area contributed by atoms with E-state index in [1.807, 2.05) is 6.92 Å². The molecule has 2 rings (SSSR count). The van der Waals surface area contributed by atoms with Gasteiger partial charge in [-0.05, 0) is 38.2 Å². The Kier molecular flexibility index (Phi) is 6.06. The molecule has 0 aromatic heterocycles. The van der Waals surface area contributed by atoms with E-state index in [4.69, 9.17) is 4.74 Å². The molecule has 1 aliphatic carbocycles. The van der Waals surface area contributed by atoms with Crippen LogP contribution in [0.1, 0.15) is 50.2 Å². The Balaban J connectivity index is 1.98. The number of aliphatic hydroxyl groups excluding tert-OH is 1. The minimum Gasteiger partial charge on any atom is -0.390 e. The summed E-state index contributed by atoms with van der Waals surface area (Å²) in [5.41, 5.74) is 2.46. The lowest BCUT2D eigenvalue weighted by molar-refractivity contribution is -0.0715. The molecule has 1 aliphatic rings. The quantitative estimate of drug-likeness (QED) is 0.854. The smallest absolute Gasteiger partial charge is 0.0865 e. The summed E-state index contributed by atoms with van der Waals surface area (Å²) in [5, 5.41) is 10.6. The van der Waals surface area contributed by atoms with E-state index in [1.54, 1.807) is 0 Å². The summed E-state index contributed by atoms with van der Waals surface area (Å²) in [6.45, 7) is 4.80. The molecule has 0 radical (unpaired) electrons. The SMILES string of the molecule is CCOC(C(O)Cc1ccc(C)cc1)C1CCCCC1. The van der Waals surface area contributed by atoms with Crippen LogP contribution in [0.4, 0.5) is 0 Å². The number of hydrogen-bond acceptors (Lipinski definition) is 2. The van der Waals surface area contributed by atoms with Crippen LogP contribution in [0.5, 0.6) is 0 Å². The molecule has 2 atom stereocenters. The molecule has 0 bridgehead atoms. The zero-order valence-corrected chi connectivity index (χ0v) is 12.8. The Labute approximate surface area is 123 Å². The summed E-state index contributed by atoms with van der Waals surface area (Å²) in [6.07, 6.45) is 6.62. The highest BCUT2D eigenvalue weighted by atomic mass is 16.5. The van der Waals surface area contributed by atoms with Gasteiger partial charge < -0.3 is 9.84 Å². The van der Waals surface area contributed by atoms with Gasteiger partial charge in [0, 0.05) is 13.0 Å². The van der Waals surface area contributed by atoms with Crippen molar-refractivity contribution in [3.05, 3.63) is 35.4 Å². The summed E-state index contributed by atoms with van der Waals surface area (Å²) in [5.74, 6) is 0.532. The maximum Gasteiger partial charge on any atom is 0.0865 e. The molecule has 0 saturated heterocycles. The number of rotatable bonds is 6. The molecule has 0 spiro atoms. The van der Waals surface area contributed by atoms with Crippen LogP contribution in [0.3, 0.4) is 0 Å². The van der Waals surface area contributed by atoms with Crippen LogP contribution < -0.4 is 0 Å². The van der Waals surface area contributed by atoms with Crippen molar-refractivity contribution in [3.63, 3.8) is 0 Å². The van der Waals surface area contributed by atoms with Gasteiger partial charge in [0.1, 0.15) is 0 Å².